The predicted molar refractivity (Wildman–Crippen MR) is 119 cm³/mol. The van der Waals surface area contributed by atoms with E-state index >= 15 is 0 Å². The van der Waals surface area contributed by atoms with Crippen molar-refractivity contribution in [2.75, 3.05) is 18.4 Å². The average Bonchev–Trinajstić information content (AvgIpc) is 3.03. The quantitative estimate of drug-likeness (QED) is 0.595. The molecule has 1 aliphatic rings. The molecule has 7 nitrogen and oxygen atoms in total. The van der Waals surface area contributed by atoms with Crippen LogP contribution in [-0.2, 0) is 6.54 Å². The molecule has 8 heteroatoms. The zero-order valence-corrected chi connectivity index (χ0v) is 18.2. The molecule has 1 aromatic carbocycles. The van der Waals surface area contributed by atoms with Gasteiger partial charge in [-0.25, -0.2) is 4.98 Å². The van der Waals surface area contributed by atoms with Crippen molar-refractivity contribution in [3.63, 3.8) is 0 Å². The molecule has 1 aliphatic heterocycles. The molecule has 3 heterocycles. The molecular formula is C22H26N4O3S. The van der Waals surface area contributed by atoms with Crippen LogP contribution in [0.25, 0.3) is 10.2 Å². The first-order chi connectivity index (χ1) is 14.3. The van der Waals surface area contributed by atoms with Gasteiger partial charge in [0.1, 0.15) is 10.7 Å². The Morgan fingerprint density at radius 1 is 1.30 bits per heavy atom. The summed E-state index contributed by atoms with van der Waals surface area (Å²) in [4.78, 5) is 36.4. The van der Waals surface area contributed by atoms with Crippen LogP contribution in [0.5, 0.6) is 0 Å². The Kier molecular flexibility index (Phi) is 5.73. The fraction of sp³-hybridized carbons (Fsp3) is 0.409. The zero-order chi connectivity index (χ0) is 21.4. The summed E-state index contributed by atoms with van der Waals surface area (Å²) in [5, 5.41) is 13.1. The number of nitrogens with zero attached hydrogens (tertiary/aromatic N) is 2. The first-order valence-electron chi connectivity index (χ1n) is 10.1. The first-order valence-corrected chi connectivity index (χ1v) is 10.9. The molecule has 0 aliphatic carbocycles. The summed E-state index contributed by atoms with van der Waals surface area (Å²) >= 11 is 1.25. The van der Waals surface area contributed by atoms with Gasteiger partial charge >= 0.3 is 0 Å². The smallest absolute Gasteiger partial charge is 0.266 e. The lowest BCUT2D eigenvalue weighted by molar-refractivity contribution is 0.0780. The summed E-state index contributed by atoms with van der Waals surface area (Å²) < 4.78 is 0. The number of hydrogen-bond donors (Lipinski definition) is 3. The number of aliphatic hydroxyl groups is 1. The maximum Gasteiger partial charge on any atom is 0.266 e. The fourth-order valence-corrected chi connectivity index (χ4v) is 5.00. The van der Waals surface area contributed by atoms with Crippen LogP contribution in [0.4, 0.5) is 5.69 Å². The van der Waals surface area contributed by atoms with Crippen LogP contribution in [0, 0.1) is 20.8 Å². The molecule has 0 bridgehead atoms. The second-order valence-corrected chi connectivity index (χ2v) is 9.03. The number of anilines is 1. The van der Waals surface area contributed by atoms with Gasteiger partial charge in [-0.2, -0.15) is 0 Å². The van der Waals surface area contributed by atoms with Gasteiger partial charge in [-0.15, -0.1) is 11.3 Å². The molecule has 0 radical (unpaired) electrons. The van der Waals surface area contributed by atoms with E-state index in [9.17, 15) is 14.7 Å². The highest BCUT2D eigenvalue weighted by molar-refractivity contribution is 7.20. The van der Waals surface area contributed by atoms with Gasteiger partial charge in [0.15, 0.2) is 0 Å². The second-order valence-electron chi connectivity index (χ2n) is 8.03. The predicted octanol–water partition coefficient (Wildman–Crippen LogP) is 3.12. The van der Waals surface area contributed by atoms with Crippen molar-refractivity contribution in [1.82, 2.24) is 14.9 Å². The van der Waals surface area contributed by atoms with E-state index < -0.39 is 0 Å². The average molecular weight is 427 g/mol. The normalized spacial score (nSPS) is 15.6. The Morgan fingerprint density at radius 3 is 2.73 bits per heavy atom. The molecule has 1 fully saturated rings. The maximum absolute atomic E-state index is 12.9. The molecule has 0 spiro atoms. The summed E-state index contributed by atoms with van der Waals surface area (Å²) in [5.74, 6) is 0.361. The zero-order valence-electron chi connectivity index (χ0n) is 17.4. The van der Waals surface area contributed by atoms with Gasteiger partial charge in [-0.3, -0.25) is 14.5 Å². The first kappa shape index (κ1) is 20.7. The van der Waals surface area contributed by atoms with E-state index in [1.54, 1.807) is 6.92 Å². The molecule has 1 saturated heterocycles. The van der Waals surface area contributed by atoms with Crippen LogP contribution >= 0.6 is 11.3 Å². The van der Waals surface area contributed by atoms with E-state index in [-0.39, 0.29) is 17.6 Å². The van der Waals surface area contributed by atoms with E-state index in [0.717, 1.165) is 42.7 Å². The van der Waals surface area contributed by atoms with Crippen LogP contribution in [0.1, 0.15) is 45.0 Å². The maximum atomic E-state index is 12.9. The molecular weight excluding hydrogens is 400 g/mol. The Hall–Kier alpha value is -2.55. The van der Waals surface area contributed by atoms with Crippen molar-refractivity contribution in [2.24, 2.45) is 0 Å². The van der Waals surface area contributed by atoms with Crippen LogP contribution in [-0.4, -0.2) is 45.1 Å². The van der Waals surface area contributed by atoms with Crippen LogP contribution in [0.15, 0.2) is 23.0 Å². The molecule has 30 heavy (non-hydrogen) atoms. The van der Waals surface area contributed by atoms with E-state index in [0.29, 0.717) is 33.0 Å². The van der Waals surface area contributed by atoms with Crippen LogP contribution in [0.2, 0.25) is 0 Å². The van der Waals surface area contributed by atoms with Gasteiger partial charge in [-0.1, -0.05) is 17.7 Å². The standard InChI is InChI=1S/C22H26N4O3S/c1-12-4-5-16(13(2)10-12)23-21(29)19-14(3)18-20(28)24-17(25-22(18)30-19)11-26-8-6-15(27)7-9-26/h4-5,10,15,27H,6-9,11H2,1-3H3,(H,23,29)(H,24,25,28). The number of hydrogen-bond acceptors (Lipinski definition) is 6. The highest BCUT2D eigenvalue weighted by atomic mass is 32.1. The van der Waals surface area contributed by atoms with Gasteiger partial charge in [0.2, 0.25) is 0 Å². The topological polar surface area (TPSA) is 98.3 Å². The summed E-state index contributed by atoms with van der Waals surface area (Å²) in [6, 6.07) is 5.87. The molecule has 0 saturated carbocycles. The van der Waals surface area contributed by atoms with Gasteiger partial charge in [0.25, 0.3) is 11.5 Å². The Balaban J connectivity index is 1.60. The number of amides is 1. The number of aliphatic hydroxyl groups excluding tert-OH is 1. The van der Waals surface area contributed by atoms with Crippen LogP contribution < -0.4 is 10.9 Å². The van der Waals surface area contributed by atoms with Gasteiger partial charge < -0.3 is 15.4 Å². The van der Waals surface area contributed by atoms with E-state index in [2.05, 4.69) is 20.2 Å². The lowest BCUT2D eigenvalue weighted by Gasteiger charge is -2.28. The third-order valence-electron chi connectivity index (χ3n) is 5.62. The molecule has 4 rings (SSSR count). The molecule has 0 atom stereocenters. The Bertz CT molecular complexity index is 1160. The number of carbonyl (C=O) groups excluding carboxylic acids is 1. The number of rotatable bonds is 4. The number of benzene rings is 1. The number of fused-ring (bicyclic) bond motifs is 1. The minimum atomic E-state index is -0.242. The monoisotopic (exact) mass is 426 g/mol. The summed E-state index contributed by atoms with van der Waals surface area (Å²) in [5.41, 5.74) is 3.32. The highest BCUT2D eigenvalue weighted by Gasteiger charge is 2.22. The van der Waals surface area contributed by atoms with E-state index in [4.69, 9.17) is 0 Å². The number of aromatic nitrogens is 2. The molecule has 0 unspecified atom stereocenters. The highest BCUT2D eigenvalue weighted by Crippen LogP contribution is 2.28. The summed E-state index contributed by atoms with van der Waals surface area (Å²) in [6.45, 7) is 7.83. The third-order valence-corrected chi connectivity index (χ3v) is 6.80. The number of carbonyl (C=O) groups is 1. The van der Waals surface area contributed by atoms with Gasteiger partial charge in [0, 0.05) is 18.8 Å². The third kappa shape index (κ3) is 4.16. The number of piperidine rings is 1. The Labute approximate surface area is 178 Å². The molecule has 2 aromatic heterocycles. The van der Waals surface area contributed by atoms with Crippen LogP contribution in [0.3, 0.4) is 0 Å². The summed E-state index contributed by atoms with van der Waals surface area (Å²) in [7, 11) is 0. The largest absolute Gasteiger partial charge is 0.393 e. The van der Waals surface area contributed by atoms with E-state index in [1.165, 1.54) is 11.3 Å². The minimum absolute atomic E-state index is 0.216. The molecule has 158 valence electrons. The summed E-state index contributed by atoms with van der Waals surface area (Å²) in [6.07, 6.45) is 1.22. The lowest BCUT2D eigenvalue weighted by atomic mass is 10.1. The number of aromatic amines is 1. The van der Waals surface area contributed by atoms with Crippen molar-refractivity contribution in [2.45, 2.75) is 46.3 Å². The van der Waals surface area contributed by atoms with Crippen molar-refractivity contribution in [3.8, 4) is 0 Å². The molecule has 3 aromatic rings. The SMILES string of the molecule is Cc1ccc(NC(=O)c2sc3nc(CN4CCC(O)CC4)[nH]c(=O)c3c2C)c(C)c1. The number of thiophene rings is 1. The number of H-pyrrole nitrogens is 1. The number of nitrogens with one attached hydrogen (secondary N) is 2. The van der Waals surface area contributed by atoms with Gasteiger partial charge in [0.05, 0.1) is 22.9 Å². The van der Waals surface area contributed by atoms with Crippen molar-refractivity contribution in [1.29, 1.82) is 0 Å². The van der Waals surface area contributed by atoms with E-state index in [1.807, 2.05) is 32.0 Å². The number of likely N-dealkylation sites (tertiary alicyclic amines) is 1. The minimum Gasteiger partial charge on any atom is -0.393 e. The number of aryl methyl sites for hydroxylation is 3. The van der Waals surface area contributed by atoms with Crippen molar-refractivity contribution >= 4 is 33.1 Å². The molecule has 3 N–H and O–H groups in total. The lowest BCUT2D eigenvalue weighted by Crippen LogP contribution is -2.36. The van der Waals surface area contributed by atoms with Crippen molar-refractivity contribution < 1.29 is 9.90 Å². The Morgan fingerprint density at radius 2 is 2.03 bits per heavy atom. The van der Waals surface area contributed by atoms with Gasteiger partial charge in [-0.05, 0) is 50.8 Å². The molecule has 1 amide bonds. The fourth-order valence-electron chi connectivity index (χ4n) is 3.90. The second kappa shape index (κ2) is 8.29. The van der Waals surface area contributed by atoms with Crippen molar-refractivity contribution in [3.05, 3.63) is 55.9 Å².